The molecule has 0 aliphatic carbocycles. The van der Waals surface area contributed by atoms with Gasteiger partial charge in [-0.25, -0.2) is 9.37 Å². The molecule has 2 aromatic rings. The fourth-order valence-electron chi connectivity index (χ4n) is 3.61. The lowest BCUT2D eigenvalue weighted by Crippen LogP contribution is -2.49. The number of halogens is 1. The molecule has 2 aliphatic rings. The number of hydrogen-bond donors (Lipinski definition) is 0. The Balaban J connectivity index is 1.40. The topological polar surface area (TPSA) is 58.4 Å². The highest BCUT2D eigenvalue weighted by atomic mass is 32.2. The van der Waals surface area contributed by atoms with Crippen molar-refractivity contribution in [2.75, 3.05) is 36.8 Å². The minimum Gasteiger partial charge on any atom is -0.366 e. The number of amides is 1. The van der Waals surface area contributed by atoms with Gasteiger partial charge in [-0.2, -0.15) is 0 Å². The first-order valence-electron chi connectivity index (χ1n) is 9.03. The molecule has 3 heterocycles. The van der Waals surface area contributed by atoms with Crippen LogP contribution in [0.3, 0.4) is 0 Å². The molecule has 142 valence electrons. The van der Waals surface area contributed by atoms with E-state index in [0.717, 1.165) is 0 Å². The molecule has 0 radical (unpaired) electrons. The predicted octanol–water partition coefficient (Wildman–Crippen LogP) is 2.08. The molecule has 0 saturated carbocycles. The normalized spacial score (nSPS) is 19.3. The Hall–Kier alpha value is -2.35. The molecule has 1 unspecified atom stereocenters. The van der Waals surface area contributed by atoms with Crippen molar-refractivity contribution in [3.63, 3.8) is 0 Å². The third-order valence-electron chi connectivity index (χ3n) is 5.14. The van der Waals surface area contributed by atoms with Gasteiger partial charge in [0.1, 0.15) is 5.82 Å². The summed E-state index contributed by atoms with van der Waals surface area (Å²) in [5, 5.41) is 0.688. The number of aromatic nitrogens is 2. The van der Waals surface area contributed by atoms with Gasteiger partial charge in [0.05, 0.1) is 11.7 Å². The molecular formula is C19H21FN4O2S. The first-order chi connectivity index (χ1) is 13.0. The summed E-state index contributed by atoms with van der Waals surface area (Å²) in [6.45, 7) is 4.06. The molecule has 1 aromatic heterocycles. The molecule has 6 nitrogen and oxygen atoms in total. The van der Waals surface area contributed by atoms with Gasteiger partial charge in [-0.15, -0.1) is 0 Å². The Morgan fingerprint density at radius 1 is 1.26 bits per heavy atom. The zero-order valence-corrected chi connectivity index (χ0v) is 15.9. The largest absolute Gasteiger partial charge is 0.366 e. The van der Waals surface area contributed by atoms with Crippen LogP contribution in [-0.4, -0.2) is 52.3 Å². The highest BCUT2D eigenvalue weighted by molar-refractivity contribution is 7.99. The van der Waals surface area contributed by atoms with E-state index in [1.54, 1.807) is 29.8 Å². The predicted molar refractivity (Wildman–Crippen MR) is 103 cm³/mol. The second-order valence-electron chi connectivity index (χ2n) is 6.89. The number of benzene rings is 1. The van der Waals surface area contributed by atoms with Crippen LogP contribution in [0.4, 0.5) is 10.1 Å². The SMILES string of the molecule is Cc1cnc2n(c1=O)C(CC(=O)N1CCN(c3ccccc3F)CC1)CS2. The van der Waals surface area contributed by atoms with Crippen LogP contribution in [0.15, 0.2) is 40.4 Å². The van der Waals surface area contributed by atoms with Crippen molar-refractivity contribution < 1.29 is 9.18 Å². The maximum atomic E-state index is 13.9. The Bertz CT molecular complexity index is 924. The monoisotopic (exact) mass is 388 g/mol. The number of para-hydroxylation sites is 1. The van der Waals surface area contributed by atoms with Gasteiger partial charge in [0.15, 0.2) is 5.16 Å². The molecular weight excluding hydrogens is 367 g/mol. The Labute approximate surface area is 161 Å². The van der Waals surface area contributed by atoms with Gasteiger partial charge in [-0.3, -0.25) is 14.2 Å². The maximum absolute atomic E-state index is 13.9. The summed E-state index contributed by atoms with van der Waals surface area (Å²) in [5.41, 5.74) is 1.11. The van der Waals surface area contributed by atoms with Crippen LogP contribution >= 0.6 is 11.8 Å². The van der Waals surface area contributed by atoms with Crippen molar-refractivity contribution in [1.82, 2.24) is 14.5 Å². The van der Waals surface area contributed by atoms with Crippen LogP contribution < -0.4 is 10.5 Å². The number of carbonyl (C=O) groups excluding carboxylic acids is 1. The van der Waals surface area contributed by atoms with E-state index in [2.05, 4.69) is 4.98 Å². The van der Waals surface area contributed by atoms with Crippen LogP contribution in [0.2, 0.25) is 0 Å². The number of fused-ring (bicyclic) bond motifs is 1. The highest BCUT2D eigenvalue weighted by Gasteiger charge is 2.30. The number of anilines is 1. The summed E-state index contributed by atoms with van der Waals surface area (Å²) in [6.07, 6.45) is 1.89. The number of nitrogens with zero attached hydrogens (tertiary/aromatic N) is 4. The molecule has 0 N–H and O–H groups in total. The van der Waals surface area contributed by atoms with Crippen molar-refractivity contribution in [2.24, 2.45) is 0 Å². The molecule has 4 rings (SSSR count). The van der Waals surface area contributed by atoms with Crippen LogP contribution in [0.25, 0.3) is 0 Å². The Kier molecular flexibility index (Phi) is 4.90. The molecule has 1 aromatic carbocycles. The molecule has 2 aliphatic heterocycles. The number of carbonyl (C=O) groups is 1. The van der Waals surface area contributed by atoms with E-state index in [9.17, 15) is 14.0 Å². The third kappa shape index (κ3) is 3.45. The smallest absolute Gasteiger partial charge is 0.257 e. The molecule has 1 fully saturated rings. The summed E-state index contributed by atoms with van der Waals surface area (Å²) < 4.78 is 15.6. The molecule has 8 heteroatoms. The fourth-order valence-corrected chi connectivity index (χ4v) is 4.71. The van der Waals surface area contributed by atoms with Crippen LogP contribution in [0.1, 0.15) is 18.0 Å². The van der Waals surface area contributed by atoms with E-state index < -0.39 is 0 Å². The summed E-state index contributed by atoms with van der Waals surface area (Å²) >= 11 is 1.52. The van der Waals surface area contributed by atoms with Gasteiger partial charge >= 0.3 is 0 Å². The minimum atomic E-state index is -0.237. The minimum absolute atomic E-state index is 0.0371. The van der Waals surface area contributed by atoms with Gasteiger partial charge in [-0.05, 0) is 19.1 Å². The van der Waals surface area contributed by atoms with E-state index >= 15 is 0 Å². The molecule has 1 atom stereocenters. The zero-order chi connectivity index (χ0) is 19.0. The van der Waals surface area contributed by atoms with Crippen LogP contribution in [-0.2, 0) is 4.79 Å². The van der Waals surface area contributed by atoms with Gasteiger partial charge in [0.25, 0.3) is 5.56 Å². The van der Waals surface area contributed by atoms with Crippen molar-refractivity contribution in [3.8, 4) is 0 Å². The zero-order valence-electron chi connectivity index (χ0n) is 15.1. The average molecular weight is 388 g/mol. The van der Waals surface area contributed by atoms with E-state index in [-0.39, 0.29) is 23.3 Å². The van der Waals surface area contributed by atoms with Crippen molar-refractivity contribution in [1.29, 1.82) is 0 Å². The van der Waals surface area contributed by atoms with Gasteiger partial charge in [0, 0.05) is 50.1 Å². The number of rotatable bonds is 3. The highest BCUT2D eigenvalue weighted by Crippen LogP contribution is 2.32. The molecule has 0 bridgehead atoms. The van der Waals surface area contributed by atoms with Crippen LogP contribution in [0, 0.1) is 12.7 Å². The number of thioether (sulfide) groups is 1. The second kappa shape index (κ2) is 7.34. The van der Waals surface area contributed by atoms with E-state index in [4.69, 9.17) is 0 Å². The summed E-state index contributed by atoms with van der Waals surface area (Å²) in [5.74, 6) is 0.487. The third-order valence-corrected chi connectivity index (χ3v) is 6.25. The summed E-state index contributed by atoms with van der Waals surface area (Å²) in [6, 6.07) is 6.56. The number of hydrogen-bond acceptors (Lipinski definition) is 5. The lowest BCUT2D eigenvalue weighted by molar-refractivity contribution is -0.132. The van der Waals surface area contributed by atoms with Gasteiger partial charge in [0.2, 0.25) is 5.91 Å². The Morgan fingerprint density at radius 2 is 2.00 bits per heavy atom. The number of piperazine rings is 1. The van der Waals surface area contributed by atoms with Crippen molar-refractivity contribution in [3.05, 3.63) is 52.2 Å². The first-order valence-corrected chi connectivity index (χ1v) is 10.0. The van der Waals surface area contributed by atoms with Crippen LogP contribution in [0.5, 0.6) is 0 Å². The lowest BCUT2D eigenvalue weighted by Gasteiger charge is -2.36. The van der Waals surface area contributed by atoms with Crippen molar-refractivity contribution >= 4 is 23.4 Å². The quantitative estimate of drug-likeness (QED) is 0.754. The molecule has 1 amide bonds. The number of aryl methyl sites for hydroxylation is 1. The average Bonchev–Trinajstić information content (AvgIpc) is 3.09. The standard InChI is InChI=1S/C19H21FN4O2S/c1-13-11-21-19-24(18(13)26)14(12-27-19)10-17(25)23-8-6-22(7-9-23)16-5-3-2-4-15(16)20/h2-5,11,14H,6-10,12H2,1H3. The Morgan fingerprint density at radius 3 is 2.74 bits per heavy atom. The van der Waals surface area contributed by atoms with E-state index in [1.807, 2.05) is 15.9 Å². The van der Waals surface area contributed by atoms with Crippen molar-refractivity contribution in [2.45, 2.75) is 24.5 Å². The van der Waals surface area contributed by atoms with E-state index in [1.165, 1.54) is 17.8 Å². The molecule has 1 saturated heterocycles. The summed E-state index contributed by atoms with van der Waals surface area (Å²) in [7, 11) is 0. The molecule has 27 heavy (non-hydrogen) atoms. The van der Waals surface area contributed by atoms with Gasteiger partial charge < -0.3 is 9.80 Å². The first kappa shape index (κ1) is 18.0. The van der Waals surface area contributed by atoms with Gasteiger partial charge in [-0.1, -0.05) is 23.9 Å². The maximum Gasteiger partial charge on any atom is 0.257 e. The fraction of sp³-hybridized carbons (Fsp3) is 0.421. The van der Waals surface area contributed by atoms with E-state index in [0.29, 0.717) is 54.8 Å². The lowest BCUT2D eigenvalue weighted by atomic mass is 10.1. The second-order valence-corrected chi connectivity index (χ2v) is 7.87. The molecule has 0 spiro atoms. The summed E-state index contributed by atoms with van der Waals surface area (Å²) in [4.78, 5) is 33.2.